The minimum Gasteiger partial charge on any atom is -0.369 e. The van der Waals surface area contributed by atoms with E-state index in [4.69, 9.17) is 13.3 Å². The molecule has 0 aromatic carbocycles. The molecule has 144 valence electrons. The summed E-state index contributed by atoms with van der Waals surface area (Å²) in [6.07, 6.45) is 13.9. The van der Waals surface area contributed by atoms with Crippen LogP contribution in [0.15, 0.2) is 0 Å². The Kier molecular flexibility index (Phi) is 16.7. The lowest BCUT2D eigenvalue weighted by molar-refractivity contribution is -0.119. The molecule has 0 aromatic heterocycles. The average Bonchev–Trinajstić information content (AvgIpc) is 2.61. The lowest BCUT2D eigenvalue weighted by atomic mass is 10.0. The largest absolute Gasteiger partial charge is 0.572 e. The fourth-order valence-corrected chi connectivity index (χ4v) is 6.29. The SMILES string of the molecule is CCCCCCCCCCCC(=O)CCCS[Si](OC)(OC)OC. The molecule has 0 rings (SSSR count). The molecule has 0 heterocycles. The zero-order chi connectivity index (χ0) is 18.1. The van der Waals surface area contributed by atoms with Crippen LogP contribution < -0.4 is 0 Å². The summed E-state index contributed by atoms with van der Waals surface area (Å²) in [5.74, 6) is 1.23. The third-order valence-electron chi connectivity index (χ3n) is 4.19. The Morgan fingerprint density at radius 3 is 1.71 bits per heavy atom. The van der Waals surface area contributed by atoms with Gasteiger partial charge in [0.05, 0.1) is 0 Å². The summed E-state index contributed by atoms with van der Waals surface area (Å²) in [7, 11) is 2.30. The van der Waals surface area contributed by atoms with E-state index in [0.717, 1.165) is 25.0 Å². The van der Waals surface area contributed by atoms with Crippen LogP contribution in [0.3, 0.4) is 0 Å². The topological polar surface area (TPSA) is 44.8 Å². The maximum Gasteiger partial charge on any atom is 0.572 e. The van der Waals surface area contributed by atoms with E-state index < -0.39 is 7.95 Å². The summed E-state index contributed by atoms with van der Waals surface area (Å²) in [5.41, 5.74) is 0. The summed E-state index contributed by atoms with van der Waals surface area (Å²) in [6, 6.07) is 0. The number of rotatable bonds is 18. The molecule has 6 heteroatoms. The third-order valence-corrected chi connectivity index (χ3v) is 9.71. The molecule has 0 spiro atoms. The molecule has 0 aliphatic carbocycles. The average molecular weight is 379 g/mol. The first-order valence-corrected chi connectivity index (χ1v) is 12.9. The van der Waals surface area contributed by atoms with Crippen LogP contribution in [0.2, 0.25) is 0 Å². The van der Waals surface area contributed by atoms with Gasteiger partial charge in [-0.05, 0) is 18.6 Å². The quantitative estimate of drug-likeness (QED) is 0.237. The van der Waals surface area contributed by atoms with Gasteiger partial charge in [-0.15, -0.1) is 0 Å². The van der Waals surface area contributed by atoms with E-state index in [2.05, 4.69) is 6.92 Å². The fourth-order valence-electron chi connectivity index (χ4n) is 2.65. The van der Waals surface area contributed by atoms with Crippen molar-refractivity contribution >= 4 is 24.9 Å². The van der Waals surface area contributed by atoms with Crippen LogP contribution in [0.25, 0.3) is 0 Å². The molecule has 0 aliphatic rings. The van der Waals surface area contributed by atoms with Crippen molar-refractivity contribution in [2.24, 2.45) is 0 Å². The van der Waals surface area contributed by atoms with Crippen molar-refractivity contribution in [3.05, 3.63) is 0 Å². The molecule has 24 heavy (non-hydrogen) atoms. The van der Waals surface area contributed by atoms with Crippen LogP contribution in [0, 0.1) is 0 Å². The molecule has 0 unspecified atom stereocenters. The highest BCUT2D eigenvalue weighted by Gasteiger charge is 2.39. The second kappa shape index (κ2) is 16.6. The smallest absolute Gasteiger partial charge is 0.369 e. The normalized spacial score (nSPS) is 11.8. The molecule has 0 aromatic rings. The minimum absolute atomic E-state index is 0.387. The third kappa shape index (κ3) is 12.5. The highest BCUT2D eigenvalue weighted by atomic mass is 32.4. The molecule has 0 fully saturated rings. The molecule has 0 saturated heterocycles. The van der Waals surface area contributed by atoms with Gasteiger partial charge in [0.2, 0.25) is 0 Å². The lowest BCUT2D eigenvalue weighted by Crippen LogP contribution is -2.39. The van der Waals surface area contributed by atoms with Crippen LogP contribution in [0.5, 0.6) is 0 Å². The van der Waals surface area contributed by atoms with E-state index >= 15 is 0 Å². The second-order valence-electron chi connectivity index (χ2n) is 6.18. The van der Waals surface area contributed by atoms with E-state index in [0.29, 0.717) is 12.2 Å². The van der Waals surface area contributed by atoms with Crippen molar-refractivity contribution in [1.29, 1.82) is 0 Å². The van der Waals surface area contributed by atoms with Crippen molar-refractivity contribution in [2.45, 2.75) is 84.0 Å². The van der Waals surface area contributed by atoms with E-state index in [1.165, 1.54) is 51.4 Å². The molecule has 0 bridgehead atoms. The monoisotopic (exact) mass is 378 g/mol. The Hall–Kier alpha value is 0.117. The lowest BCUT2D eigenvalue weighted by Gasteiger charge is -2.22. The van der Waals surface area contributed by atoms with Gasteiger partial charge < -0.3 is 13.3 Å². The zero-order valence-corrected chi connectivity index (χ0v) is 18.1. The Bertz CT molecular complexity index is 290. The summed E-state index contributed by atoms with van der Waals surface area (Å²) in [6.45, 7) is 2.25. The first-order chi connectivity index (χ1) is 11.6. The molecule has 0 saturated carbocycles. The molecule has 4 nitrogen and oxygen atoms in total. The Balaban J connectivity index is 3.47. The molecular weight excluding hydrogens is 340 g/mol. The van der Waals surface area contributed by atoms with Crippen LogP contribution in [0.1, 0.15) is 84.0 Å². The number of unbranched alkanes of at least 4 members (excludes halogenated alkanes) is 8. The highest BCUT2D eigenvalue weighted by Crippen LogP contribution is 2.23. The van der Waals surface area contributed by atoms with E-state index in [9.17, 15) is 4.79 Å². The molecule has 0 radical (unpaired) electrons. The maximum absolute atomic E-state index is 11.9. The van der Waals surface area contributed by atoms with Gasteiger partial charge >= 0.3 is 7.95 Å². The zero-order valence-electron chi connectivity index (χ0n) is 16.2. The first-order valence-electron chi connectivity index (χ1n) is 9.45. The number of Topliss-reactive ketones (excluding diaryl/α,β-unsaturated/α-hetero) is 1. The number of hydrogen-bond donors (Lipinski definition) is 0. The predicted octanol–water partition coefficient (Wildman–Crippen LogP) is 5.36. The highest BCUT2D eigenvalue weighted by molar-refractivity contribution is 8.26. The summed E-state index contributed by atoms with van der Waals surface area (Å²) in [5, 5.41) is 0. The van der Waals surface area contributed by atoms with Crippen molar-refractivity contribution in [3.63, 3.8) is 0 Å². The molecule has 0 atom stereocenters. The molecule has 0 N–H and O–H groups in total. The van der Waals surface area contributed by atoms with Crippen LogP contribution in [0.4, 0.5) is 0 Å². The first kappa shape index (κ1) is 24.1. The van der Waals surface area contributed by atoms with E-state index in [-0.39, 0.29) is 0 Å². The Labute approximate surface area is 154 Å². The Morgan fingerprint density at radius 1 is 0.750 bits per heavy atom. The van der Waals surface area contributed by atoms with Gasteiger partial charge in [0, 0.05) is 34.2 Å². The van der Waals surface area contributed by atoms with Gasteiger partial charge in [0.15, 0.2) is 0 Å². The fraction of sp³-hybridized carbons (Fsp3) is 0.944. The predicted molar refractivity (Wildman–Crippen MR) is 105 cm³/mol. The van der Waals surface area contributed by atoms with Crippen LogP contribution in [-0.2, 0) is 18.1 Å². The van der Waals surface area contributed by atoms with Gasteiger partial charge in [0.1, 0.15) is 5.78 Å². The van der Waals surface area contributed by atoms with Gasteiger partial charge in [-0.25, -0.2) is 0 Å². The van der Waals surface area contributed by atoms with Gasteiger partial charge in [-0.2, -0.15) is 0 Å². The number of carbonyl (C=O) groups is 1. The summed E-state index contributed by atoms with van der Waals surface area (Å²) in [4.78, 5) is 11.9. The van der Waals surface area contributed by atoms with Gasteiger partial charge in [-0.1, -0.05) is 69.5 Å². The second-order valence-corrected chi connectivity index (χ2v) is 11.5. The maximum atomic E-state index is 11.9. The standard InChI is InChI=1S/C18H38O4SSi/c1-5-6-7-8-9-10-11-12-13-15-18(19)16-14-17-23-24(20-2,21-3)22-4/h5-17H2,1-4H3. The summed E-state index contributed by atoms with van der Waals surface area (Å²) < 4.78 is 16.0. The van der Waals surface area contributed by atoms with Crippen molar-refractivity contribution < 1.29 is 18.1 Å². The van der Waals surface area contributed by atoms with E-state index in [1.807, 2.05) is 0 Å². The van der Waals surface area contributed by atoms with Gasteiger partial charge in [-0.3, -0.25) is 4.79 Å². The number of ketones is 1. The van der Waals surface area contributed by atoms with Crippen molar-refractivity contribution in [1.82, 2.24) is 0 Å². The number of hydrogen-bond acceptors (Lipinski definition) is 5. The minimum atomic E-state index is -2.54. The number of carbonyl (C=O) groups excluding carboxylic acids is 1. The van der Waals surface area contributed by atoms with Crippen LogP contribution in [-0.4, -0.2) is 40.8 Å². The van der Waals surface area contributed by atoms with Gasteiger partial charge in [0.25, 0.3) is 0 Å². The molecular formula is C18H38O4SSi. The van der Waals surface area contributed by atoms with Crippen molar-refractivity contribution in [2.75, 3.05) is 27.1 Å². The van der Waals surface area contributed by atoms with Crippen LogP contribution >= 0.6 is 11.2 Å². The van der Waals surface area contributed by atoms with Crippen molar-refractivity contribution in [3.8, 4) is 0 Å². The summed E-state index contributed by atoms with van der Waals surface area (Å²) >= 11 is 1.57. The van der Waals surface area contributed by atoms with E-state index in [1.54, 1.807) is 32.5 Å². The molecule has 0 aliphatic heterocycles. The Morgan fingerprint density at radius 2 is 1.21 bits per heavy atom. The molecule has 0 amide bonds.